The van der Waals surface area contributed by atoms with Crippen LogP contribution in [0.25, 0.3) is 0 Å². The molecule has 20 heavy (non-hydrogen) atoms. The molecule has 0 fully saturated rings. The first-order valence-electron chi connectivity index (χ1n) is 6.66. The lowest BCUT2D eigenvalue weighted by Crippen LogP contribution is -2.38. The molecule has 1 unspecified atom stereocenters. The van der Waals surface area contributed by atoms with Gasteiger partial charge >= 0.3 is 0 Å². The summed E-state index contributed by atoms with van der Waals surface area (Å²) in [6.07, 6.45) is 7.96. The highest BCUT2D eigenvalue weighted by atomic mass is 19.2. The van der Waals surface area contributed by atoms with E-state index in [1.165, 1.54) is 23.1 Å². The number of halogens is 2. The van der Waals surface area contributed by atoms with Gasteiger partial charge in [0.15, 0.2) is 11.6 Å². The van der Waals surface area contributed by atoms with E-state index in [1.807, 2.05) is 12.2 Å². The lowest BCUT2D eigenvalue weighted by Gasteiger charge is -2.31. The van der Waals surface area contributed by atoms with Crippen LogP contribution in [-0.4, -0.2) is 16.8 Å². The highest BCUT2D eigenvalue weighted by Crippen LogP contribution is 2.21. The zero-order chi connectivity index (χ0) is 14.5. The van der Waals surface area contributed by atoms with Crippen LogP contribution in [0, 0.1) is 11.6 Å². The molecule has 0 saturated carbocycles. The largest absolute Gasteiger partial charge is 0.328 e. The maximum absolute atomic E-state index is 13.7. The molecule has 1 aliphatic carbocycles. The zero-order valence-electron chi connectivity index (χ0n) is 11.2. The molecule has 0 aliphatic heterocycles. The van der Waals surface area contributed by atoms with Crippen molar-refractivity contribution in [2.75, 3.05) is 0 Å². The Morgan fingerprint density at radius 3 is 2.90 bits per heavy atom. The van der Waals surface area contributed by atoms with Crippen molar-refractivity contribution in [1.29, 1.82) is 0 Å². The highest BCUT2D eigenvalue weighted by Gasteiger charge is 2.23. The van der Waals surface area contributed by atoms with Crippen molar-refractivity contribution < 1.29 is 13.6 Å². The van der Waals surface area contributed by atoms with Gasteiger partial charge in [0.1, 0.15) is 0 Å². The molecule has 1 amide bonds. The topological polar surface area (TPSA) is 20.3 Å². The second kappa shape index (κ2) is 6.46. The monoisotopic (exact) mass is 277 g/mol. The molecular weight excluding hydrogens is 260 g/mol. The second-order valence-electron chi connectivity index (χ2n) is 4.81. The van der Waals surface area contributed by atoms with Crippen molar-refractivity contribution in [3.63, 3.8) is 0 Å². The Hall–Kier alpha value is -1.97. The fourth-order valence-electron chi connectivity index (χ4n) is 2.38. The first kappa shape index (κ1) is 14.4. The minimum atomic E-state index is -0.896. The van der Waals surface area contributed by atoms with Gasteiger partial charge in [-0.3, -0.25) is 4.79 Å². The molecule has 2 rings (SSSR count). The molecule has 0 saturated heterocycles. The summed E-state index contributed by atoms with van der Waals surface area (Å²) in [5.41, 5.74) is 0.180. The van der Waals surface area contributed by atoms with E-state index in [-0.39, 0.29) is 24.1 Å². The van der Waals surface area contributed by atoms with Gasteiger partial charge in [-0.05, 0) is 31.4 Å². The van der Waals surface area contributed by atoms with Crippen molar-refractivity contribution in [3.05, 3.63) is 60.2 Å². The first-order valence-corrected chi connectivity index (χ1v) is 6.66. The molecule has 4 heteroatoms. The maximum atomic E-state index is 13.7. The summed E-state index contributed by atoms with van der Waals surface area (Å²) in [6.45, 7) is 3.52. The third kappa shape index (κ3) is 3.13. The molecule has 0 aromatic heterocycles. The van der Waals surface area contributed by atoms with Gasteiger partial charge in [-0.2, -0.15) is 0 Å². The Bertz CT molecular complexity index is 539. The average molecular weight is 277 g/mol. The van der Waals surface area contributed by atoms with Crippen LogP contribution >= 0.6 is 0 Å². The molecule has 0 radical (unpaired) electrons. The summed E-state index contributed by atoms with van der Waals surface area (Å²) in [4.78, 5) is 13.5. The predicted octanol–water partition coefficient (Wildman–Crippen LogP) is 3.59. The highest BCUT2D eigenvalue weighted by molar-refractivity contribution is 5.87. The van der Waals surface area contributed by atoms with Crippen LogP contribution in [0.15, 0.2) is 43.0 Å². The summed E-state index contributed by atoms with van der Waals surface area (Å²) in [5.74, 6) is -2.06. The fraction of sp³-hybridized carbons (Fsp3) is 0.312. The Morgan fingerprint density at radius 1 is 1.45 bits per heavy atom. The van der Waals surface area contributed by atoms with Gasteiger partial charge in [0, 0.05) is 12.1 Å². The van der Waals surface area contributed by atoms with Gasteiger partial charge in [-0.1, -0.05) is 30.9 Å². The molecule has 2 nitrogen and oxygen atoms in total. The number of hydrogen-bond acceptors (Lipinski definition) is 1. The van der Waals surface area contributed by atoms with Crippen LogP contribution in [0.2, 0.25) is 0 Å². The van der Waals surface area contributed by atoms with Gasteiger partial charge in [0.05, 0.1) is 6.04 Å². The van der Waals surface area contributed by atoms with Crippen molar-refractivity contribution in [1.82, 2.24) is 4.90 Å². The third-order valence-electron chi connectivity index (χ3n) is 3.46. The van der Waals surface area contributed by atoms with Crippen LogP contribution in [0.5, 0.6) is 0 Å². The molecule has 0 N–H and O–H groups in total. The lowest BCUT2D eigenvalue weighted by molar-refractivity contribution is -0.128. The molecule has 1 aliphatic rings. The van der Waals surface area contributed by atoms with Crippen LogP contribution in [0.4, 0.5) is 8.78 Å². The summed E-state index contributed by atoms with van der Waals surface area (Å²) >= 11 is 0. The quantitative estimate of drug-likeness (QED) is 0.608. The number of allylic oxidation sites excluding steroid dienone is 1. The van der Waals surface area contributed by atoms with Gasteiger partial charge in [-0.15, -0.1) is 0 Å². The lowest BCUT2D eigenvalue weighted by atomic mass is 10.0. The van der Waals surface area contributed by atoms with Crippen LogP contribution in [0.3, 0.4) is 0 Å². The standard InChI is InChI=1S/C16H17F2NO/c1-2-15(20)19(13-8-4-3-5-9-13)11-12-7-6-10-14(17)16(12)18/h2,4,6-8,10,13H,1,3,5,9,11H2. The zero-order valence-corrected chi connectivity index (χ0v) is 11.2. The number of amides is 1. The van der Waals surface area contributed by atoms with Crippen molar-refractivity contribution in [2.45, 2.75) is 31.8 Å². The van der Waals surface area contributed by atoms with Gasteiger partial charge < -0.3 is 4.90 Å². The van der Waals surface area contributed by atoms with Crippen molar-refractivity contribution in [3.8, 4) is 0 Å². The van der Waals surface area contributed by atoms with Gasteiger partial charge in [-0.25, -0.2) is 8.78 Å². The van der Waals surface area contributed by atoms with E-state index >= 15 is 0 Å². The first-order chi connectivity index (χ1) is 9.63. The van der Waals surface area contributed by atoms with Crippen LogP contribution < -0.4 is 0 Å². The van der Waals surface area contributed by atoms with E-state index in [1.54, 1.807) is 0 Å². The van der Waals surface area contributed by atoms with Gasteiger partial charge in [0.2, 0.25) is 5.91 Å². The molecular formula is C16H17F2NO. The van der Waals surface area contributed by atoms with E-state index in [9.17, 15) is 13.6 Å². The molecule has 0 heterocycles. The number of carbonyl (C=O) groups is 1. The molecule has 0 spiro atoms. The average Bonchev–Trinajstić information content (AvgIpc) is 2.49. The Morgan fingerprint density at radius 2 is 2.25 bits per heavy atom. The van der Waals surface area contributed by atoms with Crippen LogP contribution in [-0.2, 0) is 11.3 Å². The van der Waals surface area contributed by atoms with E-state index in [4.69, 9.17) is 0 Å². The van der Waals surface area contributed by atoms with E-state index in [2.05, 4.69) is 6.58 Å². The van der Waals surface area contributed by atoms with E-state index < -0.39 is 11.6 Å². The number of benzene rings is 1. The molecule has 1 aromatic rings. The molecule has 1 aromatic carbocycles. The fourth-order valence-corrected chi connectivity index (χ4v) is 2.38. The number of hydrogen-bond donors (Lipinski definition) is 0. The Labute approximate surface area is 117 Å². The molecule has 106 valence electrons. The predicted molar refractivity (Wildman–Crippen MR) is 73.9 cm³/mol. The summed E-state index contributed by atoms with van der Waals surface area (Å²) < 4.78 is 27.0. The maximum Gasteiger partial charge on any atom is 0.246 e. The van der Waals surface area contributed by atoms with Crippen molar-refractivity contribution in [2.24, 2.45) is 0 Å². The minimum Gasteiger partial charge on any atom is -0.328 e. The normalized spacial score (nSPS) is 17.8. The summed E-state index contributed by atoms with van der Waals surface area (Å²) in [6, 6.07) is 3.92. The third-order valence-corrected chi connectivity index (χ3v) is 3.46. The number of nitrogens with zero attached hydrogens (tertiary/aromatic N) is 1. The molecule has 0 bridgehead atoms. The summed E-state index contributed by atoms with van der Waals surface area (Å²) in [7, 11) is 0. The van der Waals surface area contributed by atoms with Crippen molar-refractivity contribution >= 4 is 5.91 Å². The SMILES string of the molecule is C=CC(=O)N(Cc1cccc(F)c1F)C1C=CCCC1. The number of rotatable bonds is 4. The Kier molecular flexibility index (Phi) is 4.66. The van der Waals surface area contributed by atoms with E-state index in [0.29, 0.717) is 0 Å². The van der Waals surface area contributed by atoms with Crippen LogP contribution in [0.1, 0.15) is 24.8 Å². The number of carbonyl (C=O) groups excluding carboxylic acids is 1. The second-order valence-corrected chi connectivity index (χ2v) is 4.81. The Balaban J connectivity index is 2.25. The minimum absolute atomic E-state index is 0.0451. The summed E-state index contributed by atoms with van der Waals surface area (Å²) in [5, 5.41) is 0. The van der Waals surface area contributed by atoms with Gasteiger partial charge in [0.25, 0.3) is 0 Å². The van der Waals surface area contributed by atoms with E-state index in [0.717, 1.165) is 25.3 Å². The molecule has 1 atom stereocenters. The smallest absolute Gasteiger partial charge is 0.246 e.